The van der Waals surface area contributed by atoms with Gasteiger partial charge in [-0.25, -0.2) is 9.18 Å². The molecule has 1 aromatic heterocycles. The van der Waals surface area contributed by atoms with Gasteiger partial charge in [0.2, 0.25) is 5.91 Å². The first-order valence-electron chi connectivity index (χ1n) is 13.7. The number of hydrogen-bond acceptors (Lipinski definition) is 5. The highest BCUT2D eigenvalue weighted by Crippen LogP contribution is 2.25. The molecule has 4 rings (SSSR count). The van der Waals surface area contributed by atoms with Crippen molar-refractivity contribution in [3.63, 3.8) is 0 Å². The van der Waals surface area contributed by atoms with E-state index in [9.17, 15) is 18.8 Å². The first-order valence-corrected chi connectivity index (χ1v) is 13.7. The van der Waals surface area contributed by atoms with Crippen LogP contribution in [0.1, 0.15) is 63.5 Å². The van der Waals surface area contributed by atoms with Crippen LogP contribution in [-0.4, -0.2) is 63.9 Å². The van der Waals surface area contributed by atoms with E-state index in [1.54, 1.807) is 21.7 Å². The Morgan fingerprint density at radius 2 is 1.68 bits per heavy atom. The van der Waals surface area contributed by atoms with E-state index in [1.165, 1.54) is 12.1 Å². The molecular weight excluding hydrogens is 513 g/mol. The Balaban J connectivity index is 1.48. The number of amides is 3. The van der Waals surface area contributed by atoms with Gasteiger partial charge in [-0.15, -0.1) is 0 Å². The van der Waals surface area contributed by atoms with E-state index in [1.807, 2.05) is 58.9 Å². The number of fused-ring (bicyclic) bond motifs is 1. The van der Waals surface area contributed by atoms with Crippen LogP contribution in [0.5, 0.6) is 0 Å². The van der Waals surface area contributed by atoms with E-state index in [-0.39, 0.29) is 29.6 Å². The largest absolute Gasteiger partial charge is 0.446 e. The van der Waals surface area contributed by atoms with Crippen LogP contribution in [0.2, 0.25) is 0 Å². The molecule has 0 aliphatic carbocycles. The number of aromatic nitrogens is 2. The molecule has 0 bridgehead atoms. The number of halogens is 1. The number of ether oxygens (including phenoxy) is 1. The molecule has 2 heterocycles. The zero-order valence-electron chi connectivity index (χ0n) is 23.7. The summed E-state index contributed by atoms with van der Waals surface area (Å²) in [5.74, 6) is -0.938. The summed E-state index contributed by atoms with van der Waals surface area (Å²) in [6.07, 6.45) is 0.341. The van der Waals surface area contributed by atoms with Crippen molar-refractivity contribution in [1.82, 2.24) is 25.3 Å². The van der Waals surface area contributed by atoms with E-state index >= 15 is 0 Å². The quantitative estimate of drug-likeness (QED) is 0.450. The minimum atomic E-state index is -0.789. The van der Waals surface area contributed by atoms with Crippen molar-refractivity contribution in [2.75, 3.05) is 13.1 Å². The molecule has 1 aliphatic rings. The fourth-order valence-corrected chi connectivity index (χ4v) is 4.82. The molecule has 0 spiro atoms. The van der Waals surface area contributed by atoms with Gasteiger partial charge in [-0.05, 0) is 43.0 Å². The van der Waals surface area contributed by atoms with Gasteiger partial charge < -0.3 is 20.3 Å². The summed E-state index contributed by atoms with van der Waals surface area (Å²) in [5.41, 5.74) is 1.27. The van der Waals surface area contributed by atoms with Crippen molar-refractivity contribution in [3.8, 4) is 0 Å². The predicted molar refractivity (Wildman–Crippen MR) is 150 cm³/mol. The van der Waals surface area contributed by atoms with Crippen molar-refractivity contribution in [2.24, 2.45) is 5.41 Å². The van der Waals surface area contributed by atoms with Gasteiger partial charge >= 0.3 is 6.09 Å². The minimum Gasteiger partial charge on any atom is -0.446 e. The summed E-state index contributed by atoms with van der Waals surface area (Å²) in [7, 11) is 0. The van der Waals surface area contributed by atoms with E-state index < -0.39 is 23.5 Å². The maximum absolute atomic E-state index is 13.7. The molecule has 2 aromatic carbocycles. The molecule has 1 fully saturated rings. The van der Waals surface area contributed by atoms with Crippen molar-refractivity contribution >= 4 is 28.8 Å². The second kappa shape index (κ2) is 12.1. The first kappa shape index (κ1) is 29.0. The number of para-hydroxylation sites is 1. The van der Waals surface area contributed by atoms with Gasteiger partial charge in [-0.1, -0.05) is 51.1 Å². The number of carbonyl (C=O) groups is 3. The van der Waals surface area contributed by atoms with Crippen molar-refractivity contribution in [2.45, 2.75) is 72.2 Å². The molecule has 10 heteroatoms. The number of hydrogen-bond donors (Lipinski definition) is 2. The number of piperidine rings is 1. The fourth-order valence-electron chi connectivity index (χ4n) is 4.82. The number of nitrogens with one attached hydrogen (secondary N) is 2. The standard InChI is InChI=1S/C30H38FN5O4/c1-19(2)32-29(39)40-22-14-16-35(17-15-22)28(38)26(30(3,4)5)33-27(37)25-23-8-6-7-9-24(23)36(34-25)18-20-10-12-21(31)13-11-20/h6-13,19,22,26H,14-18H2,1-5H3,(H,32,39)(H,33,37)/t26-/m1/s1. The Kier molecular flexibility index (Phi) is 8.76. The van der Waals surface area contributed by atoms with E-state index in [4.69, 9.17) is 4.74 Å². The van der Waals surface area contributed by atoms with Crippen LogP contribution >= 0.6 is 0 Å². The second-order valence-corrected chi connectivity index (χ2v) is 11.7. The molecule has 0 saturated carbocycles. The Morgan fingerprint density at radius 1 is 1.02 bits per heavy atom. The number of alkyl carbamates (subject to hydrolysis) is 1. The Bertz CT molecular complexity index is 1350. The molecule has 3 amide bonds. The smallest absolute Gasteiger partial charge is 0.407 e. The van der Waals surface area contributed by atoms with Crippen LogP contribution in [-0.2, 0) is 16.1 Å². The molecule has 0 radical (unpaired) electrons. The summed E-state index contributed by atoms with van der Waals surface area (Å²) in [6.45, 7) is 10.7. The lowest BCUT2D eigenvalue weighted by molar-refractivity contribution is -0.137. The summed E-state index contributed by atoms with van der Waals surface area (Å²) in [6, 6.07) is 12.8. The predicted octanol–water partition coefficient (Wildman–Crippen LogP) is 4.49. The number of rotatable bonds is 7. The lowest BCUT2D eigenvalue weighted by Crippen LogP contribution is -2.56. The van der Waals surface area contributed by atoms with E-state index in [0.717, 1.165) is 11.1 Å². The molecule has 214 valence electrons. The Hall–Kier alpha value is -3.95. The summed E-state index contributed by atoms with van der Waals surface area (Å²) >= 11 is 0. The molecule has 1 atom stereocenters. The van der Waals surface area contributed by atoms with Gasteiger partial charge in [0.05, 0.1) is 12.1 Å². The van der Waals surface area contributed by atoms with Crippen LogP contribution in [0.4, 0.5) is 9.18 Å². The minimum absolute atomic E-state index is 0.0169. The van der Waals surface area contributed by atoms with Crippen LogP contribution in [0.3, 0.4) is 0 Å². The second-order valence-electron chi connectivity index (χ2n) is 11.7. The third kappa shape index (κ3) is 6.97. The van der Waals surface area contributed by atoms with E-state index in [0.29, 0.717) is 37.9 Å². The van der Waals surface area contributed by atoms with Crippen LogP contribution in [0.15, 0.2) is 48.5 Å². The van der Waals surface area contributed by atoms with Gasteiger partial charge in [0.25, 0.3) is 5.91 Å². The number of benzene rings is 2. The summed E-state index contributed by atoms with van der Waals surface area (Å²) in [5, 5.41) is 10.9. The van der Waals surface area contributed by atoms with Crippen molar-refractivity contribution < 1.29 is 23.5 Å². The molecule has 1 saturated heterocycles. The monoisotopic (exact) mass is 551 g/mol. The molecule has 9 nitrogen and oxygen atoms in total. The number of carbonyl (C=O) groups excluding carboxylic acids is 3. The maximum Gasteiger partial charge on any atom is 0.407 e. The molecule has 3 aromatic rings. The third-order valence-electron chi connectivity index (χ3n) is 6.94. The van der Waals surface area contributed by atoms with Crippen LogP contribution in [0.25, 0.3) is 10.9 Å². The van der Waals surface area contributed by atoms with Gasteiger partial charge in [0.1, 0.15) is 18.0 Å². The maximum atomic E-state index is 13.7. The molecule has 1 aliphatic heterocycles. The topological polar surface area (TPSA) is 106 Å². The van der Waals surface area contributed by atoms with Crippen LogP contribution in [0, 0.1) is 11.2 Å². The van der Waals surface area contributed by atoms with Gasteiger partial charge in [-0.2, -0.15) is 5.10 Å². The van der Waals surface area contributed by atoms with E-state index in [2.05, 4.69) is 15.7 Å². The van der Waals surface area contributed by atoms with Gasteiger partial charge in [0.15, 0.2) is 5.69 Å². The molecule has 2 N–H and O–H groups in total. The summed E-state index contributed by atoms with van der Waals surface area (Å²) < 4.78 is 20.6. The average molecular weight is 552 g/mol. The highest BCUT2D eigenvalue weighted by molar-refractivity contribution is 6.06. The normalized spacial score (nSPS) is 15.2. The molecular formula is C30H38FN5O4. The molecule has 0 unspecified atom stereocenters. The van der Waals surface area contributed by atoms with Gasteiger partial charge in [0, 0.05) is 37.4 Å². The Morgan fingerprint density at radius 3 is 2.30 bits per heavy atom. The highest BCUT2D eigenvalue weighted by Gasteiger charge is 2.38. The van der Waals surface area contributed by atoms with Crippen molar-refractivity contribution in [1.29, 1.82) is 0 Å². The van der Waals surface area contributed by atoms with Crippen LogP contribution < -0.4 is 10.6 Å². The third-order valence-corrected chi connectivity index (χ3v) is 6.94. The highest BCUT2D eigenvalue weighted by atomic mass is 19.1. The zero-order valence-corrected chi connectivity index (χ0v) is 23.7. The molecule has 40 heavy (non-hydrogen) atoms. The Labute approximate surface area is 234 Å². The van der Waals surface area contributed by atoms with Crippen molar-refractivity contribution in [3.05, 3.63) is 65.6 Å². The average Bonchev–Trinajstić information content (AvgIpc) is 3.26. The number of nitrogens with zero attached hydrogens (tertiary/aromatic N) is 3. The lowest BCUT2D eigenvalue weighted by Gasteiger charge is -2.38. The lowest BCUT2D eigenvalue weighted by atomic mass is 9.85. The zero-order chi connectivity index (χ0) is 29.0. The summed E-state index contributed by atoms with van der Waals surface area (Å²) in [4.78, 5) is 40.9. The SMILES string of the molecule is CC(C)NC(=O)OC1CCN(C(=O)[C@@H](NC(=O)c2nn(Cc3ccc(F)cc3)c3ccccc23)C(C)(C)C)CC1. The first-order chi connectivity index (χ1) is 18.9. The fraction of sp³-hybridized carbons (Fsp3) is 0.467. The number of likely N-dealkylation sites (tertiary alicyclic amines) is 1. The van der Waals surface area contributed by atoms with Gasteiger partial charge in [-0.3, -0.25) is 14.3 Å².